The van der Waals surface area contributed by atoms with E-state index in [0.29, 0.717) is 10.8 Å². The van der Waals surface area contributed by atoms with E-state index in [9.17, 15) is 0 Å². The summed E-state index contributed by atoms with van der Waals surface area (Å²) in [5.41, 5.74) is 0.943. The highest BCUT2D eigenvalue weighted by Crippen LogP contribution is 2.22. The molecule has 0 aromatic rings. The second-order valence-electron chi connectivity index (χ2n) is 6.69. The molecule has 0 heteroatoms. The molecule has 0 unspecified atom stereocenters. The van der Waals surface area contributed by atoms with Crippen molar-refractivity contribution in [3.8, 4) is 0 Å². The Morgan fingerprint density at radius 2 is 1.36 bits per heavy atom. The molecule has 14 heavy (non-hydrogen) atoms. The topological polar surface area (TPSA) is 0 Å². The molecule has 0 aliphatic carbocycles. The third kappa shape index (κ3) is 11.7. The van der Waals surface area contributed by atoms with Crippen LogP contribution in [0.3, 0.4) is 0 Å². The van der Waals surface area contributed by atoms with Gasteiger partial charge in [0.25, 0.3) is 0 Å². The van der Waals surface area contributed by atoms with Crippen molar-refractivity contribution >= 4 is 0 Å². The lowest BCUT2D eigenvalue weighted by Crippen LogP contribution is -2.03. The van der Waals surface area contributed by atoms with Gasteiger partial charge in [0.2, 0.25) is 0 Å². The molecule has 0 nitrogen and oxygen atoms in total. The van der Waals surface area contributed by atoms with Gasteiger partial charge in [0.1, 0.15) is 0 Å². The molecule has 0 fully saturated rings. The number of allylic oxidation sites excluding steroid dienone is 2. The first-order valence-electron chi connectivity index (χ1n) is 5.86. The average Bonchev–Trinajstić information content (AvgIpc) is 1.92. The Morgan fingerprint density at radius 3 is 1.79 bits per heavy atom. The van der Waals surface area contributed by atoms with Crippen molar-refractivity contribution in [2.75, 3.05) is 0 Å². The molecular formula is C14H28. The lowest BCUT2D eigenvalue weighted by molar-refractivity contribution is 0.366. The summed E-state index contributed by atoms with van der Waals surface area (Å²) >= 11 is 0. The van der Waals surface area contributed by atoms with Gasteiger partial charge in [-0.15, -0.1) is 0 Å². The van der Waals surface area contributed by atoms with E-state index in [-0.39, 0.29) is 0 Å². The zero-order chi connectivity index (χ0) is 11.2. The molecular weight excluding hydrogens is 168 g/mol. The molecule has 0 aliphatic heterocycles. The molecule has 0 amide bonds. The highest BCUT2D eigenvalue weighted by molar-refractivity contribution is 4.86. The SMILES string of the molecule is CC(C)(C)C/C=C\CCCC(C)(C)C. The fraction of sp³-hybridized carbons (Fsp3) is 0.857. The second kappa shape index (κ2) is 5.58. The smallest absolute Gasteiger partial charge is 0.0302 e. The lowest BCUT2D eigenvalue weighted by Gasteiger charge is -2.17. The van der Waals surface area contributed by atoms with Crippen LogP contribution in [0, 0.1) is 10.8 Å². The fourth-order valence-corrected chi connectivity index (χ4v) is 1.30. The summed E-state index contributed by atoms with van der Waals surface area (Å²) in [6, 6.07) is 0. The summed E-state index contributed by atoms with van der Waals surface area (Å²) in [4.78, 5) is 0. The van der Waals surface area contributed by atoms with E-state index in [1.54, 1.807) is 0 Å². The van der Waals surface area contributed by atoms with Crippen LogP contribution in [-0.4, -0.2) is 0 Å². The van der Waals surface area contributed by atoms with Crippen molar-refractivity contribution in [3.05, 3.63) is 12.2 Å². The molecule has 0 spiro atoms. The van der Waals surface area contributed by atoms with Gasteiger partial charge in [0, 0.05) is 0 Å². The predicted octanol–water partition coefficient (Wildman–Crippen LogP) is 5.20. The van der Waals surface area contributed by atoms with Gasteiger partial charge in [-0.1, -0.05) is 53.7 Å². The van der Waals surface area contributed by atoms with Crippen LogP contribution < -0.4 is 0 Å². The normalized spacial score (nSPS) is 13.9. The highest BCUT2D eigenvalue weighted by atomic mass is 14.1. The molecule has 0 aromatic heterocycles. The minimum atomic E-state index is 0.445. The van der Waals surface area contributed by atoms with Crippen molar-refractivity contribution in [2.45, 2.75) is 67.2 Å². The average molecular weight is 196 g/mol. The molecule has 0 saturated carbocycles. The minimum Gasteiger partial charge on any atom is -0.0885 e. The molecule has 0 N–H and O–H groups in total. The van der Waals surface area contributed by atoms with Crippen molar-refractivity contribution in [1.29, 1.82) is 0 Å². The van der Waals surface area contributed by atoms with E-state index in [2.05, 4.69) is 53.7 Å². The Morgan fingerprint density at radius 1 is 0.786 bits per heavy atom. The zero-order valence-corrected chi connectivity index (χ0v) is 11.0. The van der Waals surface area contributed by atoms with Crippen LogP contribution in [0.5, 0.6) is 0 Å². The fourth-order valence-electron chi connectivity index (χ4n) is 1.30. The van der Waals surface area contributed by atoms with E-state index in [1.807, 2.05) is 0 Å². The maximum Gasteiger partial charge on any atom is -0.0302 e. The number of unbranched alkanes of at least 4 members (excludes halogenated alkanes) is 1. The van der Waals surface area contributed by atoms with Crippen molar-refractivity contribution < 1.29 is 0 Å². The van der Waals surface area contributed by atoms with Crippen LogP contribution in [0.25, 0.3) is 0 Å². The molecule has 84 valence electrons. The van der Waals surface area contributed by atoms with E-state index >= 15 is 0 Å². The maximum atomic E-state index is 2.34. The molecule has 0 radical (unpaired) electrons. The summed E-state index contributed by atoms with van der Waals surface area (Å²) in [5.74, 6) is 0. The molecule has 0 bridgehead atoms. The number of rotatable bonds is 4. The van der Waals surface area contributed by atoms with Gasteiger partial charge < -0.3 is 0 Å². The number of hydrogen-bond acceptors (Lipinski definition) is 0. The van der Waals surface area contributed by atoms with E-state index in [0.717, 1.165) is 0 Å². The Bertz CT molecular complexity index is 161. The Labute approximate surface area is 90.8 Å². The standard InChI is InChI=1S/C14H28/c1-13(2,3)11-9-7-8-10-12-14(4,5)6/h7,9H,8,10-12H2,1-6H3/b9-7-. The monoisotopic (exact) mass is 196 g/mol. The zero-order valence-electron chi connectivity index (χ0n) is 11.0. The predicted molar refractivity (Wildman–Crippen MR) is 66.5 cm³/mol. The lowest BCUT2D eigenvalue weighted by atomic mass is 9.89. The Hall–Kier alpha value is -0.260. The van der Waals surface area contributed by atoms with Gasteiger partial charge in [0.15, 0.2) is 0 Å². The van der Waals surface area contributed by atoms with Crippen molar-refractivity contribution in [1.82, 2.24) is 0 Å². The molecule has 0 saturated heterocycles. The molecule has 0 aromatic carbocycles. The maximum absolute atomic E-state index is 2.34. The van der Waals surface area contributed by atoms with E-state index < -0.39 is 0 Å². The van der Waals surface area contributed by atoms with Crippen LogP contribution in [0.4, 0.5) is 0 Å². The second-order valence-corrected chi connectivity index (χ2v) is 6.69. The van der Waals surface area contributed by atoms with Crippen LogP contribution in [0.1, 0.15) is 67.2 Å². The quantitative estimate of drug-likeness (QED) is 0.428. The molecule has 0 aliphatic rings. The summed E-state index contributed by atoms with van der Waals surface area (Å²) in [7, 11) is 0. The van der Waals surface area contributed by atoms with Gasteiger partial charge in [-0.2, -0.15) is 0 Å². The van der Waals surface area contributed by atoms with Gasteiger partial charge >= 0.3 is 0 Å². The van der Waals surface area contributed by atoms with Crippen LogP contribution >= 0.6 is 0 Å². The van der Waals surface area contributed by atoms with Gasteiger partial charge in [-0.3, -0.25) is 0 Å². The number of hydrogen-bond donors (Lipinski definition) is 0. The van der Waals surface area contributed by atoms with Crippen LogP contribution in [0.15, 0.2) is 12.2 Å². The van der Waals surface area contributed by atoms with Crippen molar-refractivity contribution in [2.24, 2.45) is 10.8 Å². The Kier molecular flexibility index (Phi) is 5.48. The molecule has 0 heterocycles. The first-order valence-corrected chi connectivity index (χ1v) is 5.86. The van der Waals surface area contributed by atoms with E-state index in [4.69, 9.17) is 0 Å². The summed E-state index contributed by atoms with van der Waals surface area (Å²) < 4.78 is 0. The third-order valence-electron chi connectivity index (χ3n) is 2.19. The van der Waals surface area contributed by atoms with E-state index in [1.165, 1.54) is 25.7 Å². The van der Waals surface area contributed by atoms with Crippen LogP contribution in [-0.2, 0) is 0 Å². The molecule has 0 rings (SSSR count). The minimum absolute atomic E-state index is 0.445. The van der Waals surface area contributed by atoms with Crippen molar-refractivity contribution in [3.63, 3.8) is 0 Å². The summed E-state index contributed by atoms with van der Waals surface area (Å²) in [6.07, 6.45) is 9.77. The Balaban J connectivity index is 3.46. The highest BCUT2D eigenvalue weighted by Gasteiger charge is 2.08. The third-order valence-corrected chi connectivity index (χ3v) is 2.19. The summed E-state index contributed by atoms with van der Waals surface area (Å²) in [6.45, 7) is 13.8. The van der Waals surface area contributed by atoms with Gasteiger partial charge in [0.05, 0.1) is 0 Å². The van der Waals surface area contributed by atoms with Crippen LogP contribution in [0.2, 0.25) is 0 Å². The summed E-state index contributed by atoms with van der Waals surface area (Å²) in [5, 5.41) is 0. The van der Waals surface area contributed by atoms with Gasteiger partial charge in [-0.05, 0) is 36.5 Å². The van der Waals surface area contributed by atoms with Gasteiger partial charge in [-0.25, -0.2) is 0 Å². The molecule has 0 atom stereocenters. The first kappa shape index (κ1) is 13.7. The first-order chi connectivity index (χ1) is 6.21. The largest absolute Gasteiger partial charge is 0.0885 e.